The summed E-state index contributed by atoms with van der Waals surface area (Å²) in [7, 11) is 3.32. The standard InChI is InChI=1S/C18H27NO4/c1-22-15-6-5-13-11-19(10-7-14(13)17(15)23-2)12-16(20)18(21)8-3-4-9-18/h5-6,16,20-21H,3-4,7-12H2,1-2H3. The van der Waals surface area contributed by atoms with E-state index in [9.17, 15) is 10.2 Å². The van der Waals surface area contributed by atoms with E-state index in [1.54, 1.807) is 14.2 Å². The van der Waals surface area contributed by atoms with Crippen LogP contribution in [0.5, 0.6) is 11.5 Å². The summed E-state index contributed by atoms with van der Waals surface area (Å²) in [4.78, 5) is 2.22. The number of benzene rings is 1. The molecule has 1 unspecified atom stereocenters. The lowest BCUT2D eigenvalue weighted by atomic mass is 9.92. The summed E-state index contributed by atoms with van der Waals surface area (Å²) in [6, 6.07) is 4.00. The van der Waals surface area contributed by atoms with Crippen molar-refractivity contribution in [2.24, 2.45) is 0 Å². The maximum absolute atomic E-state index is 10.5. The van der Waals surface area contributed by atoms with Gasteiger partial charge in [0.2, 0.25) is 0 Å². The van der Waals surface area contributed by atoms with E-state index in [0.29, 0.717) is 19.4 Å². The van der Waals surface area contributed by atoms with Gasteiger partial charge >= 0.3 is 0 Å². The van der Waals surface area contributed by atoms with Crippen molar-refractivity contribution in [3.8, 4) is 11.5 Å². The minimum Gasteiger partial charge on any atom is -0.493 e. The smallest absolute Gasteiger partial charge is 0.164 e. The second-order valence-electron chi connectivity index (χ2n) is 6.75. The molecule has 1 aromatic rings. The zero-order valence-electron chi connectivity index (χ0n) is 14.0. The summed E-state index contributed by atoms with van der Waals surface area (Å²) >= 11 is 0. The minimum absolute atomic E-state index is 0.518. The first-order valence-corrected chi connectivity index (χ1v) is 8.43. The molecule has 0 saturated heterocycles. The number of hydrogen-bond acceptors (Lipinski definition) is 5. The third-order valence-electron chi connectivity index (χ3n) is 5.34. The Kier molecular flexibility index (Phi) is 4.80. The molecule has 1 aliphatic heterocycles. The second-order valence-corrected chi connectivity index (χ2v) is 6.75. The maximum atomic E-state index is 10.5. The molecule has 2 aliphatic rings. The van der Waals surface area contributed by atoms with Crippen LogP contribution >= 0.6 is 0 Å². The average molecular weight is 321 g/mol. The Balaban J connectivity index is 1.71. The molecule has 1 aromatic carbocycles. The highest BCUT2D eigenvalue weighted by molar-refractivity contribution is 5.51. The van der Waals surface area contributed by atoms with Crippen LogP contribution in [0.15, 0.2) is 12.1 Å². The molecule has 2 N–H and O–H groups in total. The van der Waals surface area contributed by atoms with Crippen LogP contribution in [0.3, 0.4) is 0 Å². The third kappa shape index (κ3) is 3.18. The number of β-amino-alcohol motifs (C(OH)–C–C–N with tert-alkyl or cyclic N) is 1. The number of rotatable bonds is 5. The highest BCUT2D eigenvalue weighted by Crippen LogP contribution is 2.37. The summed E-state index contributed by atoms with van der Waals surface area (Å²) in [6.07, 6.45) is 3.63. The summed E-state index contributed by atoms with van der Waals surface area (Å²) in [5.74, 6) is 1.58. The lowest BCUT2D eigenvalue weighted by Gasteiger charge is -2.36. The fourth-order valence-corrected chi connectivity index (χ4v) is 3.93. The van der Waals surface area contributed by atoms with Crippen molar-refractivity contribution in [2.75, 3.05) is 27.3 Å². The Morgan fingerprint density at radius 2 is 1.96 bits per heavy atom. The topological polar surface area (TPSA) is 62.2 Å². The minimum atomic E-state index is -0.891. The Morgan fingerprint density at radius 1 is 1.22 bits per heavy atom. The first kappa shape index (κ1) is 16.6. The Morgan fingerprint density at radius 3 is 2.61 bits per heavy atom. The quantitative estimate of drug-likeness (QED) is 0.865. The molecule has 128 valence electrons. The van der Waals surface area contributed by atoms with Gasteiger partial charge in [0.05, 0.1) is 25.9 Å². The zero-order chi connectivity index (χ0) is 16.4. The van der Waals surface area contributed by atoms with Gasteiger partial charge in [-0.15, -0.1) is 0 Å². The number of methoxy groups -OCH3 is 2. The van der Waals surface area contributed by atoms with Crippen LogP contribution in [0, 0.1) is 0 Å². The van der Waals surface area contributed by atoms with Crippen molar-refractivity contribution >= 4 is 0 Å². The summed E-state index contributed by atoms with van der Waals surface area (Å²) in [5.41, 5.74) is 1.51. The number of fused-ring (bicyclic) bond motifs is 1. The van der Waals surface area contributed by atoms with E-state index in [1.807, 2.05) is 6.07 Å². The lowest BCUT2D eigenvalue weighted by Crippen LogP contribution is -2.48. The first-order valence-electron chi connectivity index (χ1n) is 8.43. The average Bonchev–Trinajstić information content (AvgIpc) is 3.01. The monoisotopic (exact) mass is 321 g/mol. The molecule has 5 heteroatoms. The zero-order valence-corrected chi connectivity index (χ0v) is 14.0. The Bertz CT molecular complexity index is 554. The Hall–Kier alpha value is -1.30. The van der Waals surface area contributed by atoms with Crippen LogP contribution in [-0.4, -0.2) is 54.1 Å². The molecule has 1 heterocycles. The summed E-state index contributed by atoms with van der Waals surface area (Å²) in [5, 5.41) is 21.0. The molecule has 1 aliphatic carbocycles. The van der Waals surface area contributed by atoms with Crippen LogP contribution < -0.4 is 9.47 Å². The van der Waals surface area contributed by atoms with Crippen LogP contribution in [0.1, 0.15) is 36.8 Å². The van der Waals surface area contributed by atoms with Crippen LogP contribution in [0.2, 0.25) is 0 Å². The van der Waals surface area contributed by atoms with Gasteiger partial charge in [-0.2, -0.15) is 0 Å². The number of aliphatic hydroxyl groups is 2. The molecule has 23 heavy (non-hydrogen) atoms. The van der Waals surface area contributed by atoms with E-state index in [1.165, 1.54) is 11.1 Å². The predicted octanol–water partition coefficient (Wildman–Crippen LogP) is 1.73. The van der Waals surface area contributed by atoms with Crippen LogP contribution in [0.25, 0.3) is 0 Å². The number of hydrogen-bond donors (Lipinski definition) is 2. The number of nitrogens with zero attached hydrogens (tertiary/aromatic N) is 1. The fourth-order valence-electron chi connectivity index (χ4n) is 3.93. The molecular formula is C18H27NO4. The molecule has 0 amide bonds. The third-order valence-corrected chi connectivity index (χ3v) is 5.34. The molecule has 1 atom stereocenters. The van der Waals surface area contributed by atoms with E-state index < -0.39 is 11.7 Å². The second kappa shape index (κ2) is 6.67. The molecular weight excluding hydrogens is 294 g/mol. The van der Waals surface area contributed by atoms with Crippen molar-refractivity contribution in [3.05, 3.63) is 23.3 Å². The van der Waals surface area contributed by atoms with E-state index in [2.05, 4.69) is 11.0 Å². The van der Waals surface area contributed by atoms with E-state index in [0.717, 1.165) is 43.9 Å². The molecule has 0 bridgehead atoms. The molecule has 0 spiro atoms. The fraction of sp³-hybridized carbons (Fsp3) is 0.667. The van der Waals surface area contributed by atoms with Gasteiger partial charge < -0.3 is 19.7 Å². The highest BCUT2D eigenvalue weighted by Gasteiger charge is 2.39. The van der Waals surface area contributed by atoms with E-state index in [4.69, 9.17) is 9.47 Å². The van der Waals surface area contributed by atoms with Gasteiger partial charge in [-0.25, -0.2) is 0 Å². The van der Waals surface area contributed by atoms with E-state index in [-0.39, 0.29) is 0 Å². The molecule has 5 nitrogen and oxygen atoms in total. The molecule has 3 rings (SSSR count). The number of ether oxygens (including phenoxy) is 2. The van der Waals surface area contributed by atoms with Crippen molar-refractivity contribution in [3.63, 3.8) is 0 Å². The summed E-state index contributed by atoms with van der Waals surface area (Å²) < 4.78 is 10.9. The lowest BCUT2D eigenvalue weighted by molar-refractivity contribution is -0.0828. The van der Waals surface area contributed by atoms with Gasteiger partial charge in [0.1, 0.15) is 0 Å². The maximum Gasteiger partial charge on any atom is 0.164 e. The van der Waals surface area contributed by atoms with Crippen LogP contribution in [-0.2, 0) is 13.0 Å². The first-order chi connectivity index (χ1) is 11.1. The van der Waals surface area contributed by atoms with Gasteiger partial charge in [-0.3, -0.25) is 4.90 Å². The van der Waals surface area contributed by atoms with Gasteiger partial charge in [-0.05, 0) is 30.9 Å². The van der Waals surface area contributed by atoms with Crippen molar-refractivity contribution < 1.29 is 19.7 Å². The number of aliphatic hydroxyl groups excluding tert-OH is 1. The van der Waals surface area contributed by atoms with Gasteiger partial charge in [0.25, 0.3) is 0 Å². The van der Waals surface area contributed by atoms with Crippen LogP contribution in [0.4, 0.5) is 0 Å². The van der Waals surface area contributed by atoms with Crippen molar-refractivity contribution in [1.29, 1.82) is 0 Å². The largest absolute Gasteiger partial charge is 0.493 e. The molecule has 1 fully saturated rings. The molecule has 0 radical (unpaired) electrons. The van der Waals surface area contributed by atoms with Crippen molar-refractivity contribution in [2.45, 2.75) is 50.4 Å². The van der Waals surface area contributed by atoms with E-state index >= 15 is 0 Å². The Labute approximate surface area is 137 Å². The molecule has 0 aromatic heterocycles. The van der Waals surface area contributed by atoms with Crippen molar-refractivity contribution in [1.82, 2.24) is 4.90 Å². The summed E-state index contributed by atoms with van der Waals surface area (Å²) in [6.45, 7) is 2.14. The normalized spacial score (nSPS) is 21.7. The van der Waals surface area contributed by atoms with Gasteiger partial charge in [-0.1, -0.05) is 18.9 Å². The van der Waals surface area contributed by atoms with Gasteiger partial charge in [0, 0.05) is 25.2 Å². The SMILES string of the molecule is COc1ccc2c(c1OC)CCN(CC(O)C1(O)CCCC1)C2. The molecule has 1 saturated carbocycles. The van der Waals surface area contributed by atoms with Gasteiger partial charge in [0.15, 0.2) is 11.5 Å². The predicted molar refractivity (Wildman–Crippen MR) is 88.0 cm³/mol. The highest BCUT2D eigenvalue weighted by atomic mass is 16.5.